The van der Waals surface area contributed by atoms with Gasteiger partial charge < -0.3 is 9.59 Å². The molecule has 0 aliphatic heterocycles. The molecule has 0 aliphatic carbocycles. The summed E-state index contributed by atoms with van der Waals surface area (Å²) in [6.45, 7) is 0. The molecule has 1 rings (SSSR count). The lowest BCUT2D eigenvalue weighted by Gasteiger charge is -2.01. The monoisotopic (exact) mass is 274 g/mol. The van der Waals surface area contributed by atoms with Crippen LogP contribution in [0.1, 0.15) is 11.5 Å². The number of rotatable bonds is 3. The Balaban J connectivity index is 2.94. The van der Waals surface area contributed by atoms with E-state index in [0.29, 0.717) is 12.6 Å². The van der Waals surface area contributed by atoms with E-state index < -0.39 is 5.92 Å². The summed E-state index contributed by atoms with van der Waals surface area (Å²) in [7, 11) is 0. The summed E-state index contributed by atoms with van der Waals surface area (Å²) in [4.78, 5) is 20.8. The lowest BCUT2D eigenvalue weighted by molar-refractivity contribution is -0.116. The molecular formula is C9H7IO2. The highest BCUT2D eigenvalue weighted by Gasteiger charge is 2.07. The fourth-order valence-corrected chi connectivity index (χ4v) is 1.23. The van der Waals surface area contributed by atoms with Crippen molar-refractivity contribution in [2.75, 3.05) is 0 Å². The smallest absolute Gasteiger partial charge is 0.134 e. The number of benzene rings is 1. The molecule has 0 aromatic heterocycles. The van der Waals surface area contributed by atoms with Gasteiger partial charge in [0.05, 0.1) is 5.92 Å². The molecule has 1 aromatic carbocycles. The van der Waals surface area contributed by atoms with Crippen molar-refractivity contribution in [1.82, 2.24) is 0 Å². The summed E-state index contributed by atoms with van der Waals surface area (Å²) in [5, 5.41) is 0. The first-order valence-corrected chi connectivity index (χ1v) is 4.52. The maximum atomic E-state index is 10.4. The van der Waals surface area contributed by atoms with E-state index in [1.165, 1.54) is 0 Å². The lowest BCUT2D eigenvalue weighted by Crippen LogP contribution is -2.00. The number of hydrogen-bond acceptors (Lipinski definition) is 2. The minimum absolute atomic E-state index is 0.609. The van der Waals surface area contributed by atoms with Crippen LogP contribution in [0.2, 0.25) is 0 Å². The first kappa shape index (κ1) is 9.38. The third-order valence-electron chi connectivity index (χ3n) is 1.55. The van der Waals surface area contributed by atoms with E-state index in [4.69, 9.17) is 0 Å². The molecule has 62 valence electrons. The Morgan fingerprint density at radius 2 is 1.58 bits per heavy atom. The van der Waals surface area contributed by atoms with Gasteiger partial charge >= 0.3 is 0 Å². The summed E-state index contributed by atoms with van der Waals surface area (Å²) in [5.74, 6) is -0.609. The molecule has 2 nitrogen and oxygen atoms in total. The van der Waals surface area contributed by atoms with Gasteiger partial charge in [-0.1, -0.05) is 12.1 Å². The Morgan fingerprint density at radius 1 is 1.08 bits per heavy atom. The van der Waals surface area contributed by atoms with Gasteiger partial charge in [-0.05, 0) is 40.3 Å². The predicted octanol–water partition coefficient (Wildman–Crippen LogP) is 1.77. The van der Waals surface area contributed by atoms with Gasteiger partial charge in [0, 0.05) is 3.57 Å². The minimum atomic E-state index is -0.609. The predicted molar refractivity (Wildman–Crippen MR) is 54.0 cm³/mol. The van der Waals surface area contributed by atoms with Gasteiger partial charge in [0.15, 0.2) is 0 Å². The van der Waals surface area contributed by atoms with Crippen LogP contribution in [0.4, 0.5) is 0 Å². The molecule has 0 N–H and O–H groups in total. The molecule has 0 radical (unpaired) electrons. The van der Waals surface area contributed by atoms with E-state index in [9.17, 15) is 9.59 Å². The Morgan fingerprint density at radius 3 is 2.00 bits per heavy atom. The summed E-state index contributed by atoms with van der Waals surface area (Å²) in [5.41, 5.74) is 0.750. The highest BCUT2D eigenvalue weighted by atomic mass is 127. The SMILES string of the molecule is O=CC(C=O)c1ccc(I)cc1. The van der Waals surface area contributed by atoms with Crippen LogP contribution >= 0.6 is 22.6 Å². The van der Waals surface area contributed by atoms with Crippen molar-refractivity contribution in [2.45, 2.75) is 5.92 Å². The van der Waals surface area contributed by atoms with E-state index in [1.807, 2.05) is 12.1 Å². The highest BCUT2D eigenvalue weighted by molar-refractivity contribution is 14.1. The van der Waals surface area contributed by atoms with Crippen molar-refractivity contribution in [3.8, 4) is 0 Å². The second-order valence-corrected chi connectivity index (χ2v) is 3.60. The molecule has 0 fully saturated rings. The zero-order valence-electron chi connectivity index (χ0n) is 6.24. The van der Waals surface area contributed by atoms with Crippen molar-refractivity contribution in [2.24, 2.45) is 0 Å². The van der Waals surface area contributed by atoms with Crippen molar-refractivity contribution < 1.29 is 9.59 Å². The molecule has 0 aliphatic rings. The summed E-state index contributed by atoms with van der Waals surface area (Å²) < 4.78 is 1.09. The molecule has 0 spiro atoms. The normalized spacial score (nSPS) is 9.83. The Kier molecular flexibility index (Phi) is 3.40. The largest absolute Gasteiger partial charge is 0.302 e. The summed E-state index contributed by atoms with van der Waals surface area (Å²) in [6, 6.07) is 7.32. The van der Waals surface area contributed by atoms with E-state index >= 15 is 0 Å². The van der Waals surface area contributed by atoms with Crippen molar-refractivity contribution >= 4 is 35.2 Å². The van der Waals surface area contributed by atoms with Gasteiger partial charge in [0.25, 0.3) is 0 Å². The Hall–Kier alpha value is -0.710. The topological polar surface area (TPSA) is 34.1 Å². The molecule has 1 aromatic rings. The summed E-state index contributed by atoms with van der Waals surface area (Å²) in [6.07, 6.45) is 1.30. The van der Waals surface area contributed by atoms with Gasteiger partial charge in [0.1, 0.15) is 12.6 Å². The molecule has 0 bridgehead atoms. The molecule has 12 heavy (non-hydrogen) atoms. The molecule has 0 heterocycles. The van der Waals surface area contributed by atoms with Crippen LogP contribution in [0.5, 0.6) is 0 Å². The minimum Gasteiger partial charge on any atom is -0.302 e. The molecular weight excluding hydrogens is 267 g/mol. The zero-order valence-corrected chi connectivity index (χ0v) is 8.39. The molecule has 0 atom stereocenters. The number of carbonyl (C=O) groups excluding carboxylic acids is 2. The second-order valence-electron chi connectivity index (χ2n) is 2.35. The van der Waals surface area contributed by atoms with Crippen LogP contribution in [0.3, 0.4) is 0 Å². The van der Waals surface area contributed by atoms with E-state index in [1.54, 1.807) is 12.1 Å². The standard InChI is InChI=1S/C9H7IO2/c10-9-3-1-7(2-4-9)8(5-11)6-12/h1-6,8H. The van der Waals surface area contributed by atoms with Crippen molar-refractivity contribution in [1.29, 1.82) is 0 Å². The first-order chi connectivity index (χ1) is 5.77. The molecule has 0 unspecified atom stereocenters. The van der Waals surface area contributed by atoms with Crippen molar-refractivity contribution in [3.63, 3.8) is 0 Å². The van der Waals surface area contributed by atoms with Gasteiger partial charge in [-0.15, -0.1) is 0 Å². The maximum absolute atomic E-state index is 10.4. The van der Waals surface area contributed by atoms with Gasteiger partial charge in [0.2, 0.25) is 0 Å². The van der Waals surface area contributed by atoms with Crippen LogP contribution in [-0.2, 0) is 9.59 Å². The Labute approximate surface area is 84.1 Å². The van der Waals surface area contributed by atoms with E-state index in [0.717, 1.165) is 9.13 Å². The Bertz CT molecular complexity index is 271. The number of carbonyl (C=O) groups is 2. The third-order valence-corrected chi connectivity index (χ3v) is 2.27. The van der Waals surface area contributed by atoms with Crippen LogP contribution in [0, 0.1) is 3.57 Å². The third kappa shape index (κ3) is 2.14. The van der Waals surface area contributed by atoms with Crippen LogP contribution in [0.25, 0.3) is 0 Å². The molecule has 3 heteroatoms. The van der Waals surface area contributed by atoms with E-state index in [2.05, 4.69) is 22.6 Å². The molecule has 0 saturated heterocycles. The highest BCUT2D eigenvalue weighted by Crippen LogP contribution is 2.13. The fraction of sp³-hybridized carbons (Fsp3) is 0.111. The first-order valence-electron chi connectivity index (χ1n) is 3.44. The number of halogens is 1. The lowest BCUT2D eigenvalue weighted by atomic mass is 10.0. The fourth-order valence-electron chi connectivity index (χ4n) is 0.874. The van der Waals surface area contributed by atoms with Crippen molar-refractivity contribution in [3.05, 3.63) is 33.4 Å². The average molecular weight is 274 g/mol. The zero-order chi connectivity index (χ0) is 8.97. The summed E-state index contributed by atoms with van der Waals surface area (Å²) >= 11 is 2.17. The quantitative estimate of drug-likeness (QED) is 0.478. The second kappa shape index (κ2) is 4.35. The maximum Gasteiger partial charge on any atom is 0.134 e. The average Bonchev–Trinajstić information content (AvgIpc) is 2.10. The number of aldehydes is 2. The van der Waals surface area contributed by atoms with Crippen LogP contribution < -0.4 is 0 Å². The number of hydrogen-bond donors (Lipinski definition) is 0. The van der Waals surface area contributed by atoms with E-state index in [-0.39, 0.29) is 0 Å². The van der Waals surface area contributed by atoms with Gasteiger partial charge in [-0.3, -0.25) is 0 Å². The molecule has 0 amide bonds. The molecule has 0 saturated carbocycles. The van der Waals surface area contributed by atoms with Gasteiger partial charge in [-0.25, -0.2) is 0 Å². The van der Waals surface area contributed by atoms with Crippen LogP contribution in [-0.4, -0.2) is 12.6 Å². The van der Waals surface area contributed by atoms with Gasteiger partial charge in [-0.2, -0.15) is 0 Å². The van der Waals surface area contributed by atoms with Crippen LogP contribution in [0.15, 0.2) is 24.3 Å².